The average molecular weight is 288 g/mol. The summed E-state index contributed by atoms with van der Waals surface area (Å²) >= 11 is 0. The molecule has 0 aliphatic heterocycles. The maximum atomic E-state index is 2.35. The van der Waals surface area contributed by atoms with Crippen LogP contribution in [0.1, 0.15) is 41.5 Å². The fourth-order valence-corrected chi connectivity index (χ4v) is 3.34. The maximum Gasteiger partial charge on any atom is 0.0345 e. The summed E-state index contributed by atoms with van der Waals surface area (Å²) in [5, 5.41) is 0. The molecule has 0 saturated heterocycles. The molecule has 1 aliphatic rings. The highest BCUT2D eigenvalue weighted by molar-refractivity contribution is 5.85. The van der Waals surface area contributed by atoms with Crippen LogP contribution in [0.15, 0.2) is 54.6 Å². The smallest absolute Gasteiger partial charge is 0.0345 e. The van der Waals surface area contributed by atoms with Crippen molar-refractivity contribution in [3.63, 3.8) is 0 Å². The molecule has 0 saturated carbocycles. The first-order valence-electron chi connectivity index (χ1n) is 7.07. The van der Waals surface area contributed by atoms with E-state index in [2.05, 4.69) is 73.6 Å². The topological polar surface area (TPSA) is 3.24 Å². The van der Waals surface area contributed by atoms with Gasteiger partial charge in [0.1, 0.15) is 0 Å². The second-order valence-corrected chi connectivity index (χ2v) is 5.65. The lowest BCUT2D eigenvalue weighted by Gasteiger charge is -2.35. The van der Waals surface area contributed by atoms with Crippen molar-refractivity contribution in [3.8, 4) is 0 Å². The molecule has 2 heteroatoms. The van der Waals surface area contributed by atoms with Gasteiger partial charge in [-0.3, -0.25) is 0 Å². The molecule has 1 nitrogen and oxygen atoms in total. The Morgan fingerprint density at radius 1 is 0.800 bits per heavy atom. The van der Waals surface area contributed by atoms with Crippen molar-refractivity contribution in [1.29, 1.82) is 0 Å². The van der Waals surface area contributed by atoms with Crippen molar-refractivity contribution in [1.82, 2.24) is 4.90 Å². The lowest BCUT2D eigenvalue weighted by atomic mass is 9.76. The third kappa shape index (κ3) is 2.74. The Morgan fingerprint density at radius 3 is 2.05 bits per heavy atom. The van der Waals surface area contributed by atoms with E-state index in [0.717, 1.165) is 0 Å². The number of hydrogen-bond acceptors (Lipinski definition) is 1. The Bertz CT molecular complexity index is 550. The molecule has 0 unspecified atom stereocenters. The molecule has 0 fully saturated rings. The first-order chi connectivity index (χ1) is 9.27. The lowest BCUT2D eigenvalue weighted by molar-refractivity contribution is 0.263. The number of benzene rings is 2. The van der Waals surface area contributed by atoms with Crippen LogP contribution in [-0.4, -0.2) is 19.0 Å². The van der Waals surface area contributed by atoms with Gasteiger partial charge < -0.3 is 4.90 Å². The predicted molar refractivity (Wildman–Crippen MR) is 87.6 cm³/mol. The van der Waals surface area contributed by atoms with Gasteiger partial charge in [-0.15, -0.1) is 12.4 Å². The van der Waals surface area contributed by atoms with Crippen molar-refractivity contribution in [2.45, 2.75) is 24.8 Å². The third-order valence-electron chi connectivity index (χ3n) is 4.28. The number of hydrogen-bond donors (Lipinski definition) is 0. The molecule has 0 N–H and O–H groups in total. The summed E-state index contributed by atoms with van der Waals surface area (Å²) in [5.41, 5.74) is 4.47. The molecule has 3 rings (SSSR count). The fourth-order valence-electron chi connectivity index (χ4n) is 3.34. The van der Waals surface area contributed by atoms with Crippen LogP contribution in [-0.2, 0) is 0 Å². The summed E-state index contributed by atoms with van der Waals surface area (Å²) in [6.07, 6.45) is 2.48. The van der Waals surface area contributed by atoms with Crippen LogP contribution in [0.4, 0.5) is 0 Å². The Hall–Kier alpha value is -1.31. The number of nitrogens with zero attached hydrogens (tertiary/aromatic N) is 1. The van der Waals surface area contributed by atoms with Crippen LogP contribution in [0.2, 0.25) is 0 Å². The third-order valence-corrected chi connectivity index (χ3v) is 4.28. The van der Waals surface area contributed by atoms with Crippen molar-refractivity contribution >= 4 is 12.4 Å². The van der Waals surface area contributed by atoms with Gasteiger partial charge in [0.15, 0.2) is 0 Å². The van der Waals surface area contributed by atoms with Crippen LogP contribution in [0, 0.1) is 0 Å². The van der Waals surface area contributed by atoms with Crippen LogP contribution in [0.5, 0.6) is 0 Å². The van der Waals surface area contributed by atoms with Gasteiger partial charge in [0.2, 0.25) is 0 Å². The predicted octanol–water partition coefficient (Wildman–Crippen LogP) is 4.64. The Kier molecular flexibility index (Phi) is 4.85. The normalized spacial score (nSPS) is 21.1. The van der Waals surface area contributed by atoms with Gasteiger partial charge in [0.25, 0.3) is 0 Å². The van der Waals surface area contributed by atoms with E-state index in [9.17, 15) is 0 Å². The highest BCUT2D eigenvalue weighted by Gasteiger charge is 2.28. The second-order valence-electron chi connectivity index (χ2n) is 5.65. The summed E-state index contributed by atoms with van der Waals surface area (Å²) in [6, 6.07) is 20.4. The summed E-state index contributed by atoms with van der Waals surface area (Å²) in [7, 11) is 4.37. The van der Waals surface area contributed by atoms with Gasteiger partial charge in [0.05, 0.1) is 0 Å². The minimum absolute atomic E-state index is 0. The fraction of sp³-hybridized carbons (Fsp3) is 0.333. The van der Waals surface area contributed by atoms with E-state index in [1.54, 1.807) is 0 Å². The van der Waals surface area contributed by atoms with Gasteiger partial charge in [0, 0.05) is 12.0 Å². The molecule has 2 atom stereocenters. The van der Waals surface area contributed by atoms with E-state index in [4.69, 9.17) is 0 Å². The molecule has 0 spiro atoms. The Balaban J connectivity index is 0.00000147. The zero-order chi connectivity index (χ0) is 13.2. The first-order valence-corrected chi connectivity index (χ1v) is 7.07. The summed E-state index contributed by atoms with van der Waals surface area (Å²) < 4.78 is 0. The molecular weight excluding hydrogens is 266 g/mol. The molecular formula is C18H22ClN. The van der Waals surface area contributed by atoms with Gasteiger partial charge in [-0.1, -0.05) is 54.6 Å². The number of halogens is 1. The van der Waals surface area contributed by atoms with Crippen molar-refractivity contribution < 1.29 is 0 Å². The molecule has 0 amide bonds. The van der Waals surface area contributed by atoms with Crippen LogP contribution < -0.4 is 0 Å². The lowest BCUT2D eigenvalue weighted by Crippen LogP contribution is -2.26. The van der Waals surface area contributed by atoms with Gasteiger partial charge in [-0.05, 0) is 43.6 Å². The van der Waals surface area contributed by atoms with Crippen LogP contribution >= 0.6 is 12.4 Å². The SMILES string of the molecule is CN(C)[C@@H]1CC[C@@H](c2ccccc2)c2ccccc21.Cl. The first kappa shape index (κ1) is 15.1. The highest BCUT2D eigenvalue weighted by Crippen LogP contribution is 2.42. The Labute approximate surface area is 128 Å². The molecule has 0 bridgehead atoms. The van der Waals surface area contributed by atoms with E-state index in [1.165, 1.54) is 29.5 Å². The van der Waals surface area contributed by atoms with Gasteiger partial charge in [-0.25, -0.2) is 0 Å². The standard InChI is InChI=1S/C18H21N.ClH/c1-19(2)18-13-12-15(14-8-4-3-5-9-14)16-10-6-7-11-17(16)18;/h3-11,15,18H,12-13H2,1-2H3;1H/t15-,18+;/m0./s1. The van der Waals surface area contributed by atoms with E-state index in [1.807, 2.05) is 0 Å². The molecule has 20 heavy (non-hydrogen) atoms. The summed E-state index contributed by atoms with van der Waals surface area (Å²) in [6.45, 7) is 0. The zero-order valence-corrected chi connectivity index (χ0v) is 12.9. The van der Waals surface area contributed by atoms with Crippen LogP contribution in [0.3, 0.4) is 0 Å². The van der Waals surface area contributed by atoms with Gasteiger partial charge in [-0.2, -0.15) is 0 Å². The summed E-state index contributed by atoms with van der Waals surface area (Å²) in [4.78, 5) is 2.35. The van der Waals surface area contributed by atoms with Crippen molar-refractivity contribution in [3.05, 3.63) is 71.3 Å². The summed E-state index contributed by atoms with van der Waals surface area (Å²) in [5.74, 6) is 0.564. The van der Waals surface area contributed by atoms with E-state index in [-0.39, 0.29) is 12.4 Å². The molecule has 0 aromatic heterocycles. The average Bonchev–Trinajstić information content (AvgIpc) is 2.47. The van der Waals surface area contributed by atoms with Crippen molar-refractivity contribution in [2.75, 3.05) is 14.1 Å². The highest BCUT2D eigenvalue weighted by atomic mass is 35.5. The largest absolute Gasteiger partial charge is 0.302 e. The zero-order valence-electron chi connectivity index (χ0n) is 12.1. The minimum atomic E-state index is 0. The second kappa shape index (κ2) is 6.43. The van der Waals surface area contributed by atoms with Crippen LogP contribution in [0.25, 0.3) is 0 Å². The number of rotatable bonds is 2. The van der Waals surface area contributed by atoms with E-state index < -0.39 is 0 Å². The molecule has 1 aliphatic carbocycles. The molecule has 2 aromatic rings. The number of fused-ring (bicyclic) bond motifs is 1. The maximum absolute atomic E-state index is 2.35. The molecule has 0 heterocycles. The van der Waals surface area contributed by atoms with Gasteiger partial charge >= 0.3 is 0 Å². The Morgan fingerprint density at radius 2 is 1.40 bits per heavy atom. The molecule has 0 radical (unpaired) electrons. The minimum Gasteiger partial charge on any atom is -0.302 e. The molecule has 2 aromatic carbocycles. The van der Waals surface area contributed by atoms with Crippen molar-refractivity contribution in [2.24, 2.45) is 0 Å². The monoisotopic (exact) mass is 287 g/mol. The quantitative estimate of drug-likeness (QED) is 0.778. The van der Waals surface area contributed by atoms with E-state index in [0.29, 0.717) is 12.0 Å². The van der Waals surface area contributed by atoms with E-state index >= 15 is 0 Å². The molecule has 106 valence electrons.